The minimum Gasteiger partial charge on any atom is -0.301 e. The molecule has 0 spiro atoms. The molecule has 2 unspecified atom stereocenters. The molecule has 3 rings (SSSR count). The van der Waals surface area contributed by atoms with Gasteiger partial charge in [0.05, 0.1) is 16.8 Å². The number of hydrogen-bond donors (Lipinski definition) is 0. The summed E-state index contributed by atoms with van der Waals surface area (Å²) in [5.74, 6) is 0.665. The minimum atomic E-state index is -3.41. The Kier molecular flexibility index (Phi) is 7.85. The standard InChI is InChI=1S/C19H20Cl2NO3PS2/c1-3-11-27-26(23,24-4-2)25-18(14-10-9-13(20)12-15(14)21)19-22-16-7-5-6-8-17(16)28-19/h5-10,12,18H,3-4,11H2,1-2H3. The molecule has 0 radical (unpaired) electrons. The van der Waals surface area contributed by atoms with Crippen LogP contribution >= 0.6 is 52.7 Å². The van der Waals surface area contributed by atoms with Crippen LogP contribution < -0.4 is 0 Å². The van der Waals surface area contributed by atoms with E-state index in [0.717, 1.165) is 16.6 Å². The highest BCUT2D eigenvalue weighted by Crippen LogP contribution is 2.64. The fourth-order valence-electron chi connectivity index (χ4n) is 2.54. The molecule has 0 aliphatic carbocycles. The Labute approximate surface area is 182 Å². The van der Waals surface area contributed by atoms with Gasteiger partial charge in [-0.1, -0.05) is 48.3 Å². The molecule has 0 saturated carbocycles. The zero-order valence-electron chi connectivity index (χ0n) is 15.4. The van der Waals surface area contributed by atoms with Crippen molar-refractivity contribution in [3.63, 3.8) is 0 Å². The average molecular weight is 476 g/mol. The highest BCUT2D eigenvalue weighted by molar-refractivity contribution is 8.55. The summed E-state index contributed by atoms with van der Waals surface area (Å²) in [5.41, 5.74) is 1.51. The van der Waals surface area contributed by atoms with Crippen LogP contribution in [-0.4, -0.2) is 17.3 Å². The maximum Gasteiger partial charge on any atom is 0.390 e. The summed E-state index contributed by atoms with van der Waals surface area (Å²) < 4.78 is 26.0. The van der Waals surface area contributed by atoms with Crippen LogP contribution in [0.3, 0.4) is 0 Å². The first kappa shape index (κ1) is 22.1. The lowest BCUT2D eigenvalue weighted by atomic mass is 10.1. The first-order valence-corrected chi connectivity index (χ1v) is 13.5. The second-order valence-corrected chi connectivity index (χ2v) is 11.9. The van der Waals surface area contributed by atoms with Gasteiger partial charge < -0.3 is 4.52 Å². The summed E-state index contributed by atoms with van der Waals surface area (Å²) in [4.78, 5) is 4.69. The number of rotatable bonds is 9. The molecule has 28 heavy (non-hydrogen) atoms. The first-order valence-electron chi connectivity index (χ1n) is 8.83. The Morgan fingerprint density at radius 2 is 2.00 bits per heavy atom. The number of hydrogen-bond acceptors (Lipinski definition) is 6. The quantitative estimate of drug-likeness (QED) is 0.293. The smallest absolute Gasteiger partial charge is 0.301 e. The lowest BCUT2D eigenvalue weighted by Gasteiger charge is -2.23. The van der Waals surface area contributed by atoms with Gasteiger partial charge in [-0.2, -0.15) is 0 Å². The van der Waals surface area contributed by atoms with E-state index in [1.807, 2.05) is 31.2 Å². The Balaban J connectivity index is 2.06. The van der Waals surface area contributed by atoms with Crippen molar-refractivity contribution in [2.24, 2.45) is 0 Å². The van der Waals surface area contributed by atoms with Crippen molar-refractivity contribution in [3.8, 4) is 0 Å². The van der Waals surface area contributed by atoms with Crippen molar-refractivity contribution < 1.29 is 13.6 Å². The molecule has 4 nitrogen and oxygen atoms in total. The van der Waals surface area contributed by atoms with E-state index in [1.54, 1.807) is 25.1 Å². The topological polar surface area (TPSA) is 48.4 Å². The molecule has 0 saturated heterocycles. The molecule has 150 valence electrons. The van der Waals surface area contributed by atoms with Gasteiger partial charge in [-0.15, -0.1) is 11.3 Å². The molecule has 0 N–H and O–H groups in total. The zero-order chi connectivity index (χ0) is 20.1. The van der Waals surface area contributed by atoms with Crippen LogP contribution in [0.1, 0.15) is 36.9 Å². The largest absolute Gasteiger partial charge is 0.390 e. The Morgan fingerprint density at radius 3 is 2.68 bits per heavy atom. The summed E-state index contributed by atoms with van der Waals surface area (Å²) in [6.45, 7) is 0.695. The molecular formula is C19H20Cl2NO3PS2. The highest BCUT2D eigenvalue weighted by Gasteiger charge is 2.33. The maximum atomic E-state index is 13.3. The fourth-order valence-corrected chi connectivity index (χ4v) is 7.72. The molecular weight excluding hydrogens is 456 g/mol. The number of para-hydroxylation sites is 1. The summed E-state index contributed by atoms with van der Waals surface area (Å²) in [5, 5.41) is 1.62. The van der Waals surface area contributed by atoms with Gasteiger partial charge in [-0.3, -0.25) is 4.52 Å². The number of thiazole rings is 1. The van der Waals surface area contributed by atoms with E-state index in [4.69, 9.17) is 37.2 Å². The van der Waals surface area contributed by atoms with Crippen molar-refractivity contribution >= 4 is 62.9 Å². The van der Waals surface area contributed by atoms with Crippen molar-refractivity contribution in [1.82, 2.24) is 4.98 Å². The van der Waals surface area contributed by atoms with E-state index < -0.39 is 12.9 Å². The van der Waals surface area contributed by atoms with Crippen LogP contribution in [0.5, 0.6) is 0 Å². The average Bonchev–Trinajstić information content (AvgIpc) is 3.09. The molecule has 3 aromatic rings. The van der Waals surface area contributed by atoms with Crippen LogP contribution in [0.25, 0.3) is 10.2 Å². The van der Waals surface area contributed by atoms with Gasteiger partial charge in [0.15, 0.2) is 0 Å². The summed E-state index contributed by atoms with van der Waals surface area (Å²) >= 11 is 15.2. The monoisotopic (exact) mass is 475 g/mol. The van der Waals surface area contributed by atoms with Gasteiger partial charge in [-0.25, -0.2) is 9.55 Å². The fraction of sp³-hybridized carbons (Fsp3) is 0.316. The highest BCUT2D eigenvalue weighted by atomic mass is 35.5. The van der Waals surface area contributed by atoms with Gasteiger partial charge in [0, 0.05) is 21.4 Å². The van der Waals surface area contributed by atoms with E-state index in [0.29, 0.717) is 26.4 Å². The maximum absolute atomic E-state index is 13.3. The molecule has 0 bridgehead atoms. The van der Waals surface area contributed by atoms with Gasteiger partial charge in [-0.05, 0) is 49.0 Å². The molecule has 0 aliphatic heterocycles. The second kappa shape index (κ2) is 9.94. The zero-order valence-corrected chi connectivity index (χ0v) is 19.5. The SMILES string of the molecule is CCCSP(=O)(OCC)OC(c1nc2ccccc2s1)c1ccc(Cl)cc1Cl. The van der Waals surface area contributed by atoms with Gasteiger partial charge >= 0.3 is 6.80 Å². The molecule has 9 heteroatoms. The summed E-state index contributed by atoms with van der Waals surface area (Å²) in [6, 6.07) is 13.0. The van der Waals surface area contributed by atoms with Crippen molar-refractivity contribution in [3.05, 3.63) is 63.1 Å². The van der Waals surface area contributed by atoms with Crippen LogP contribution in [0.2, 0.25) is 10.0 Å². The molecule has 0 fully saturated rings. The normalized spacial score (nSPS) is 14.9. The lowest BCUT2D eigenvalue weighted by Crippen LogP contribution is -2.06. The molecule has 0 aliphatic rings. The van der Waals surface area contributed by atoms with Crippen LogP contribution in [0, 0.1) is 0 Å². The second-order valence-electron chi connectivity index (χ2n) is 5.87. The van der Waals surface area contributed by atoms with Crippen molar-refractivity contribution in [2.45, 2.75) is 26.4 Å². The molecule has 2 atom stereocenters. The van der Waals surface area contributed by atoms with E-state index in [-0.39, 0.29) is 6.61 Å². The van der Waals surface area contributed by atoms with E-state index in [9.17, 15) is 4.57 Å². The Hall–Kier alpha value is -0.590. The number of nitrogens with zero attached hydrogens (tertiary/aromatic N) is 1. The van der Waals surface area contributed by atoms with Crippen LogP contribution in [-0.2, 0) is 13.6 Å². The van der Waals surface area contributed by atoms with Crippen molar-refractivity contribution in [1.29, 1.82) is 0 Å². The van der Waals surface area contributed by atoms with E-state index >= 15 is 0 Å². The van der Waals surface area contributed by atoms with E-state index in [2.05, 4.69) is 0 Å². The Morgan fingerprint density at radius 1 is 1.21 bits per heavy atom. The van der Waals surface area contributed by atoms with Crippen LogP contribution in [0.15, 0.2) is 42.5 Å². The molecule has 0 amide bonds. The third kappa shape index (κ3) is 5.31. The molecule has 1 aromatic heterocycles. The predicted molar refractivity (Wildman–Crippen MR) is 121 cm³/mol. The third-order valence-corrected chi connectivity index (χ3v) is 9.42. The van der Waals surface area contributed by atoms with Crippen LogP contribution in [0.4, 0.5) is 0 Å². The summed E-state index contributed by atoms with van der Waals surface area (Å²) in [7, 11) is 0. The predicted octanol–water partition coefficient (Wildman–Crippen LogP) is 8.00. The number of halogens is 2. The van der Waals surface area contributed by atoms with Crippen molar-refractivity contribution in [2.75, 3.05) is 12.4 Å². The molecule has 2 aromatic carbocycles. The van der Waals surface area contributed by atoms with Gasteiger partial charge in [0.25, 0.3) is 0 Å². The lowest BCUT2D eigenvalue weighted by molar-refractivity contribution is 0.189. The number of aromatic nitrogens is 1. The summed E-state index contributed by atoms with van der Waals surface area (Å²) in [6.07, 6.45) is 0.141. The van der Waals surface area contributed by atoms with E-state index in [1.165, 1.54) is 22.7 Å². The third-order valence-electron chi connectivity index (χ3n) is 3.75. The number of fused-ring (bicyclic) bond motifs is 1. The molecule has 1 heterocycles. The van der Waals surface area contributed by atoms with Gasteiger partial charge in [0.1, 0.15) is 11.1 Å². The minimum absolute atomic E-state index is 0.287. The Bertz CT molecular complexity index is 965. The number of benzene rings is 2. The van der Waals surface area contributed by atoms with Gasteiger partial charge in [0.2, 0.25) is 0 Å². The first-order chi connectivity index (χ1) is 13.5.